The predicted octanol–water partition coefficient (Wildman–Crippen LogP) is 4.00. The number of anilines is 2. The quantitative estimate of drug-likeness (QED) is 0.337. The van der Waals surface area contributed by atoms with Gasteiger partial charge in [-0.2, -0.15) is 0 Å². The lowest BCUT2D eigenvalue weighted by molar-refractivity contribution is -0.122. The summed E-state index contributed by atoms with van der Waals surface area (Å²) in [7, 11) is 0. The van der Waals surface area contributed by atoms with Gasteiger partial charge < -0.3 is 14.8 Å². The molecule has 1 saturated carbocycles. The van der Waals surface area contributed by atoms with Gasteiger partial charge in [0.05, 0.1) is 40.4 Å². The van der Waals surface area contributed by atoms with E-state index in [1.807, 2.05) is 6.92 Å². The van der Waals surface area contributed by atoms with Crippen molar-refractivity contribution < 1.29 is 28.7 Å². The molecule has 4 atom stereocenters. The van der Waals surface area contributed by atoms with Crippen molar-refractivity contribution in [3.63, 3.8) is 0 Å². The Hall–Kier alpha value is -3.10. The Morgan fingerprint density at radius 3 is 2.23 bits per heavy atom. The highest BCUT2D eigenvalue weighted by Crippen LogP contribution is 2.43. The summed E-state index contributed by atoms with van der Waals surface area (Å²) in [6.45, 7) is 1.90. The number of esters is 1. The minimum absolute atomic E-state index is 0.109. The van der Waals surface area contributed by atoms with Crippen LogP contribution < -0.4 is 15.0 Å². The van der Waals surface area contributed by atoms with Crippen LogP contribution >= 0.6 is 23.2 Å². The highest BCUT2D eigenvalue weighted by molar-refractivity contribution is 6.31. The van der Waals surface area contributed by atoms with Crippen LogP contribution in [0.2, 0.25) is 0 Å². The number of imide groups is 1. The van der Waals surface area contributed by atoms with Crippen molar-refractivity contribution in [3.05, 3.63) is 54.1 Å². The number of alkyl halides is 2. The zero-order valence-electron chi connectivity index (χ0n) is 18.9. The van der Waals surface area contributed by atoms with Crippen molar-refractivity contribution in [2.45, 2.75) is 30.5 Å². The molecule has 184 valence electrons. The highest BCUT2D eigenvalue weighted by atomic mass is 35.5. The first-order chi connectivity index (χ1) is 16.8. The summed E-state index contributed by atoms with van der Waals surface area (Å²) in [5.74, 6) is -2.35. The molecule has 4 rings (SSSR count). The first kappa shape index (κ1) is 25.0. The number of hydrogen-bond acceptors (Lipinski definition) is 6. The van der Waals surface area contributed by atoms with Crippen molar-refractivity contribution in [2.24, 2.45) is 11.8 Å². The van der Waals surface area contributed by atoms with Crippen LogP contribution in [0.5, 0.6) is 5.75 Å². The number of carbonyl (C=O) groups is 4. The van der Waals surface area contributed by atoms with Gasteiger partial charge in [-0.3, -0.25) is 19.3 Å². The van der Waals surface area contributed by atoms with E-state index in [-0.39, 0.29) is 33.8 Å². The molecule has 0 bridgehead atoms. The standard InChI is InChI=1S/C25H24Cl2N2O6/c1-2-34-17-8-6-15(7-9-17)28-22(30)13-35-25(33)14-4-3-5-16(10-14)29-23(31)18-11-20(26)21(27)12-19(18)24(29)32/h3-10,18-21H,2,11-13H2,1H3,(H,28,30)/t18-,19-,20-,21+/m1/s1. The SMILES string of the molecule is CCOc1ccc(NC(=O)COC(=O)c2cccc(N3C(=O)[C@@H]4C[C@@H](Cl)[C@@H](Cl)C[C@H]4C3=O)c2)cc1. The van der Waals surface area contributed by atoms with Crippen LogP contribution in [0.25, 0.3) is 0 Å². The highest BCUT2D eigenvalue weighted by Gasteiger charge is 2.52. The van der Waals surface area contributed by atoms with Crippen molar-refractivity contribution in [2.75, 3.05) is 23.4 Å². The Labute approximate surface area is 212 Å². The van der Waals surface area contributed by atoms with Crippen LogP contribution in [-0.2, 0) is 19.1 Å². The number of rotatable bonds is 7. The molecule has 2 aromatic carbocycles. The van der Waals surface area contributed by atoms with Crippen LogP contribution in [-0.4, -0.2) is 47.7 Å². The summed E-state index contributed by atoms with van der Waals surface area (Å²) in [4.78, 5) is 51.7. The Morgan fingerprint density at radius 2 is 1.63 bits per heavy atom. The van der Waals surface area contributed by atoms with E-state index in [0.717, 1.165) is 4.90 Å². The molecule has 10 heteroatoms. The minimum atomic E-state index is -0.758. The Bertz CT molecular complexity index is 1110. The molecule has 1 saturated heterocycles. The number of ether oxygens (including phenoxy) is 2. The molecule has 8 nitrogen and oxygen atoms in total. The Balaban J connectivity index is 1.38. The van der Waals surface area contributed by atoms with Gasteiger partial charge >= 0.3 is 5.97 Å². The summed E-state index contributed by atoms with van der Waals surface area (Å²) in [6, 6.07) is 12.8. The van der Waals surface area contributed by atoms with Crippen molar-refractivity contribution in [1.82, 2.24) is 0 Å². The normalized spacial score (nSPS) is 23.6. The van der Waals surface area contributed by atoms with E-state index in [4.69, 9.17) is 32.7 Å². The summed E-state index contributed by atoms with van der Waals surface area (Å²) in [5, 5.41) is 1.86. The summed E-state index contributed by atoms with van der Waals surface area (Å²) < 4.78 is 10.5. The second kappa shape index (κ2) is 10.7. The second-order valence-electron chi connectivity index (χ2n) is 8.36. The van der Waals surface area contributed by atoms with Crippen LogP contribution in [0.3, 0.4) is 0 Å². The van der Waals surface area contributed by atoms with Crippen molar-refractivity contribution in [3.8, 4) is 5.75 Å². The summed E-state index contributed by atoms with van der Waals surface area (Å²) >= 11 is 12.4. The average Bonchev–Trinajstić information content (AvgIpc) is 3.08. The molecule has 0 radical (unpaired) electrons. The molecular formula is C25H24Cl2N2O6. The fraction of sp³-hybridized carbons (Fsp3) is 0.360. The Kier molecular flexibility index (Phi) is 7.62. The lowest BCUT2D eigenvalue weighted by Crippen LogP contribution is -2.34. The molecule has 0 spiro atoms. The van der Waals surface area contributed by atoms with Crippen molar-refractivity contribution >= 4 is 58.3 Å². The summed E-state index contributed by atoms with van der Waals surface area (Å²) in [6.07, 6.45) is 0.652. The molecule has 0 aromatic heterocycles. The molecule has 1 aliphatic carbocycles. The number of carbonyl (C=O) groups excluding carboxylic acids is 4. The smallest absolute Gasteiger partial charge is 0.338 e. The third-order valence-electron chi connectivity index (χ3n) is 6.04. The van der Waals surface area contributed by atoms with Gasteiger partial charge in [0.15, 0.2) is 6.61 Å². The maximum absolute atomic E-state index is 13.0. The molecule has 35 heavy (non-hydrogen) atoms. The van der Waals surface area contributed by atoms with Crippen LogP contribution in [0, 0.1) is 11.8 Å². The topological polar surface area (TPSA) is 102 Å². The molecule has 2 aliphatic rings. The van der Waals surface area contributed by atoms with E-state index >= 15 is 0 Å². The number of nitrogens with one attached hydrogen (secondary N) is 1. The monoisotopic (exact) mass is 518 g/mol. The van der Waals surface area contributed by atoms with Gasteiger partial charge in [0.2, 0.25) is 11.8 Å². The van der Waals surface area contributed by atoms with Gasteiger partial charge in [-0.1, -0.05) is 6.07 Å². The number of amides is 3. The van der Waals surface area contributed by atoms with Crippen LogP contribution in [0.4, 0.5) is 11.4 Å². The summed E-state index contributed by atoms with van der Waals surface area (Å²) in [5.41, 5.74) is 0.902. The molecule has 1 aliphatic heterocycles. The Morgan fingerprint density at radius 1 is 1.00 bits per heavy atom. The largest absolute Gasteiger partial charge is 0.494 e. The van der Waals surface area contributed by atoms with Gasteiger partial charge in [-0.25, -0.2) is 4.79 Å². The van der Waals surface area contributed by atoms with E-state index < -0.39 is 30.3 Å². The zero-order valence-corrected chi connectivity index (χ0v) is 20.4. The lowest BCUT2D eigenvalue weighted by atomic mass is 9.80. The number of fused-ring (bicyclic) bond motifs is 1. The van der Waals surface area contributed by atoms with E-state index in [0.29, 0.717) is 30.9 Å². The average molecular weight is 519 g/mol. The van der Waals surface area contributed by atoms with Gasteiger partial charge in [-0.05, 0) is 62.2 Å². The third kappa shape index (κ3) is 5.44. The lowest BCUT2D eigenvalue weighted by Gasteiger charge is -2.28. The molecule has 0 unspecified atom stereocenters. The molecular weight excluding hydrogens is 495 g/mol. The molecule has 2 fully saturated rings. The first-order valence-corrected chi connectivity index (χ1v) is 12.1. The van der Waals surface area contributed by atoms with Crippen LogP contribution in [0.15, 0.2) is 48.5 Å². The second-order valence-corrected chi connectivity index (χ2v) is 9.48. The number of benzene rings is 2. The fourth-order valence-electron chi connectivity index (χ4n) is 4.33. The van der Waals surface area contributed by atoms with Gasteiger partial charge in [0, 0.05) is 5.69 Å². The maximum atomic E-state index is 13.0. The van der Waals surface area contributed by atoms with E-state index in [2.05, 4.69) is 5.32 Å². The van der Waals surface area contributed by atoms with E-state index in [1.54, 1.807) is 36.4 Å². The number of nitrogens with zero attached hydrogens (tertiary/aromatic N) is 1. The molecule has 1 N–H and O–H groups in total. The van der Waals surface area contributed by atoms with Gasteiger partial charge in [-0.15, -0.1) is 23.2 Å². The third-order valence-corrected chi connectivity index (χ3v) is 7.13. The zero-order chi connectivity index (χ0) is 25.1. The first-order valence-electron chi connectivity index (χ1n) is 11.2. The fourth-order valence-corrected chi connectivity index (χ4v) is 4.92. The van der Waals surface area contributed by atoms with Crippen LogP contribution in [0.1, 0.15) is 30.1 Å². The van der Waals surface area contributed by atoms with Gasteiger partial charge in [0.1, 0.15) is 5.75 Å². The van der Waals surface area contributed by atoms with E-state index in [1.165, 1.54) is 12.1 Å². The number of hydrogen-bond donors (Lipinski definition) is 1. The maximum Gasteiger partial charge on any atom is 0.338 e. The van der Waals surface area contributed by atoms with E-state index in [9.17, 15) is 19.2 Å². The molecule has 2 aromatic rings. The number of halogens is 2. The van der Waals surface area contributed by atoms with Crippen molar-refractivity contribution in [1.29, 1.82) is 0 Å². The molecule has 3 amide bonds. The van der Waals surface area contributed by atoms with Gasteiger partial charge in [0.25, 0.3) is 5.91 Å². The predicted molar refractivity (Wildman–Crippen MR) is 131 cm³/mol. The minimum Gasteiger partial charge on any atom is -0.494 e. The molecule has 1 heterocycles.